The second-order valence-corrected chi connectivity index (χ2v) is 6.56. The average molecular weight is 318 g/mol. The molecule has 0 radical (unpaired) electrons. The topological polar surface area (TPSA) is 98.0 Å². The molecule has 5 heteroatoms. The number of carbonyl (C=O) groups is 1. The van der Waals surface area contributed by atoms with Crippen molar-refractivity contribution >= 4 is 6.16 Å². The molecule has 0 bridgehead atoms. The van der Waals surface area contributed by atoms with Gasteiger partial charge < -0.3 is 20.4 Å². The van der Waals surface area contributed by atoms with Crippen LogP contribution in [0.2, 0.25) is 0 Å². The van der Waals surface area contributed by atoms with Gasteiger partial charge in [0.05, 0.1) is 11.2 Å². The first-order valence-electron chi connectivity index (χ1n) is 8.63. The van der Waals surface area contributed by atoms with Gasteiger partial charge in [0.25, 0.3) is 0 Å². The van der Waals surface area contributed by atoms with Crippen molar-refractivity contribution in [2.45, 2.75) is 102 Å². The third-order valence-electron chi connectivity index (χ3n) is 4.88. The van der Waals surface area contributed by atoms with Gasteiger partial charge in [0.2, 0.25) is 0 Å². The Morgan fingerprint density at radius 2 is 0.955 bits per heavy atom. The molecule has 0 aromatic carbocycles. The van der Waals surface area contributed by atoms with Crippen LogP contribution >= 0.6 is 0 Å². The van der Waals surface area contributed by atoms with Gasteiger partial charge in [0, 0.05) is 0 Å². The van der Waals surface area contributed by atoms with Crippen LogP contribution in [0.15, 0.2) is 0 Å². The maximum Gasteiger partial charge on any atom is 0.503 e. The second kappa shape index (κ2) is 10.8. The van der Waals surface area contributed by atoms with E-state index in [0.717, 1.165) is 38.5 Å². The molecule has 4 N–H and O–H groups in total. The Bertz CT molecular complexity index is 263. The van der Waals surface area contributed by atoms with Gasteiger partial charge in [-0.1, -0.05) is 52.4 Å². The van der Waals surface area contributed by atoms with Crippen LogP contribution in [-0.2, 0) is 0 Å². The van der Waals surface area contributed by atoms with Crippen LogP contribution in [-0.4, -0.2) is 37.8 Å². The monoisotopic (exact) mass is 318 g/mol. The van der Waals surface area contributed by atoms with Crippen molar-refractivity contribution in [2.75, 3.05) is 0 Å². The molecule has 2 fully saturated rings. The molecule has 2 saturated carbocycles. The van der Waals surface area contributed by atoms with Gasteiger partial charge in [-0.05, 0) is 38.5 Å². The van der Waals surface area contributed by atoms with E-state index in [-0.39, 0.29) is 11.2 Å². The van der Waals surface area contributed by atoms with Crippen molar-refractivity contribution in [3.05, 3.63) is 0 Å². The van der Waals surface area contributed by atoms with Gasteiger partial charge in [-0.25, -0.2) is 4.79 Å². The van der Waals surface area contributed by atoms with Gasteiger partial charge >= 0.3 is 6.16 Å². The summed E-state index contributed by atoms with van der Waals surface area (Å²) in [5.74, 6) is 0. The van der Waals surface area contributed by atoms with Gasteiger partial charge in [-0.3, -0.25) is 0 Å². The first-order chi connectivity index (χ1) is 10.3. The zero-order valence-electron chi connectivity index (χ0n) is 14.2. The fourth-order valence-corrected chi connectivity index (χ4v) is 3.13. The predicted molar refractivity (Wildman–Crippen MR) is 87.3 cm³/mol. The van der Waals surface area contributed by atoms with E-state index in [1.165, 1.54) is 38.5 Å². The van der Waals surface area contributed by atoms with Gasteiger partial charge in [-0.15, -0.1) is 0 Å². The lowest BCUT2D eigenvalue weighted by Crippen LogP contribution is -2.29. The summed E-state index contributed by atoms with van der Waals surface area (Å²) in [6, 6.07) is 0. The lowest BCUT2D eigenvalue weighted by atomic mass is 9.83. The predicted octanol–water partition coefficient (Wildman–Crippen LogP) is 4.41. The third kappa shape index (κ3) is 10.0. The van der Waals surface area contributed by atoms with E-state index in [1.807, 2.05) is 0 Å². The number of rotatable bonds is 2. The molecule has 0 unspecified atom stereocenters. The van der Waals surface area contributed by atoms with Crippen molar-refractivity contribution in [3.63, 3.8) is 0 Å². The normalized spacial score (nSPS) is 22.4. The Morgan fingerprint density at radius 1 is 0.727 bits per heavy atom. The number of aliphatic hydroxyl groups is 2. The summed E-state index contributed by atoms with van der Waals surface area (Å²) in [5.41, 5.74) is -0.559. The molecule has 0 heterocycles. The zero-order chi connectivity index (χ0) is 17.1. The molecule has 2 aliphatic rings. The number of hydrogen-bond acceptors (Lipinski definition) is 3. The van der Waals surface area contributed by atoms with E-state index in [0.29, 0.717) is 0 Å². The third-order valence-corrected chi connectivity index (χ3v) is 4.88. The first-order valence-corrected chi connectivity index (χ1v) is 8.63. The smallest absolute Gasteiger partial charge is 0.450 e. The van der Waals surface area contributed by atoms with Crippen molar-refractivity contribution < 1.29 is 25.2 Å². The number of carboxylic acid groups (broad SMARTS) is 2. The maximum absolute atomic E-state index is 9.68. The van der Waals surface area contributed by atoms with E-state index < -0.39 is 6.16 Å². The number of hydrogen-bond donors (Lipinski definition) is 4. The minimum absolute atomic E-state index is 0.280. The Balaban J connectivity index is 0.000000326. The minimum atomic E-state index is -1.83. The highest BCUT2D eigenvalue weighted by Crippen LogP contribution is 2.30. The average Bonchev–Trinajstić information content (AvgIpc) is 2.49. The Hall–Kier alpha value is -0.810. The molecule has 0 aromatic heterocycles. The molecule has 0 atom stereocenters. The van der Waals surface area contributed by atoms with Crippen molar-refractivity contribution in [1.82, 2.24) is 0 Å². The summed E-state index contributed by atoms with van der Waals surface area (Å²) < 4.78 is 0. The molecule has 2 rings (SSSR count). The van der Waals surface area contributed by atoms with Crippen LogP contribution in [0.3, 0.4) is 0 Å². The highest BCUT2D eigenvalue weighted by molar-refractivity contribution is 5.53. The maximum atomic E-state index is 9.68. The molecule has 0 saturated heterocycles. The summed E-state index contributed by atoms with van der Waals surface area (Å²) in [6.45, 7) is 4.15. The van der Waals surface area contributed by atoms with Crippen LogP contribution in [0.1, 0.15) is 90.9 Å². The summed E-state index contributed by atoms with van der Waals surface area (Å²) in [5, 5.41) is 33.3. The summed E-state index contributed by atoms with van der Waals surface area (Å²) in [6.07, 6.45) is 11.7. The molecule has 22 heavy (non-hydrogen) atoms. The Labute approximate surface area is 134 Å². The highest BCUT2D eigenvalue weighted by Gasteiger charge is 2.26. The molecule has 5 nitrogen and oxygen atoms in total. The van der Waals surface area contributed by atoms with Gasteiger partial charge in [-0.2, -0.15) is 0 Å². The largest absolute Gasteiger partial charge is 0.503 e. The molecule has 0 amide bonds. The molecule has 0 spiro atoms. The standard InChI is InChI=1S/2C8H16O.CH2O3/c2*1-2-8(9)6-4-3-5-7-8;2-1(3)4/h2*9H,2-7H2,1H3;(H2,2,3,4). The first kappa shape index (κ1) is 21.2. The molecular weight excluding hydrogens is 284 g/mol. The molecule has 132 valence electrons. The second-order valence-electron chi connectivity index (χ2n) is 6.56. The fourth-order valence-electron chi connectivity index (χ4n) is 3.13. The fraction of sp³-hybridized carbons (Fsp3) is 0.941. The van der Waals surface area contributed by atoms with Crippen LogP contribution < -0.4 is 0 Å². The van der Waals surface area contributed by atoms with Crippen molar-refractivity contribution in [1.29, 1.82) is 0 Å². The van der Waals surface area contributed by atoms with E-state index >= 15 is 0 Å². The quantitative estimate of drug-likeness (QED) is 0.604. The molecule has 0 aromatic rings. The Kier molecular flexibility index (Phi) is 10.4. The van der Waals surface area contributed by atoms with Gasteiger partial charge in [0.15, 0.2) is 0 Å². The van der Waals surface area contributed by atoms with Crippen molar-refractivity contribution in [3.8, 4) is 0 Å². The zero-order valence-corrected chi connectivity index (χ0v) is 14.2. The summed E-state index contributed by atoms with van der Waals surface area (Å²) in [7, 11) is 0. The van der Waals surface area contributed by atoms with E-state index in [9.17, 15) is 10.2 Å². The lowest BCUT2D eigenvalue weighted by Gasteiger charge is -2.30. The lowest BCUT2D eigenvalue weighted by molar-refractivity contribution is 0.000283. The van der Waals surface area contributed by atoms with Crippen LogP contribution in [0.25, 0.3) is 0 Å². The van der Waals surface area contributed by atoms with E-state index in [2.05, 4.69) is 13.8 Å². The summed E-state index contributed by atoms with van der Waals surface area (Å²) >= 11 is 0. The van der Waals surface area contributed by atoms with Crippen LogP contribution in [0.4, 0.5) is 4.79 Å². The van der Waals surface area contributed by atoms with Crippen LogP contribution in [0.5, 0.6) is 0 Å². The molecule has 2 aliphatic carbocycles. The van der Waals surface area contributed by atoms with Crippen molar-refractivity contribution in [2.24, 2.45) is 0 Å². The molecular formula is C17H34O5. The minimum Gasteiger partial charge on any atom is -0.450 e. The van der Waals surface area contributed by atoms with E-state index in [1.54, 1.807) is 0 Å². The highest BCUT2D eigenvalue weighted by atomic mass is 16.6. The Morgan fingerprint density at radius 3 is 1.09 bits per heavy atom. The summed E-state index contributed by atoms with van der Waals surface area (Å²) in [4.78, 5) is 8.56. The molecule has 0 aliphatic heterocycles. The van der Waals surface area contributed by atoms with Gasteiger partial charge in [0.1, 0.15) is 0 Å². The van der Waals surface area contributed by atoms with E-state index in [4.69, 9.17) is 15.0 Å². The van der Waals surface area contributed by atoms with Crippen LogP contribution in [0, 0.1) is 0 Å². The SMILES string of the molecule is CCC1(O)CCCCC1.CCC1(O)CCCCC1.O=C(O)O.